The van der Waals surface area contributed by atoms with Crippen LogP contribution in [0.25, 0.3) is 0 Å². The minimum atomic E-state index is 0.276. The molecule has 98 valence electrons. The van der Waals surface area contributed by atoms with Gasteiger partial charge in [-0.25, -0.2) is 0 Å². The van der Waals surface area contributed by atoms with Crippen LogP contribution in [0.2, 0.25) is 0 Å². The molecule has 2 bridgehead atoms. The minimum Gasteiger partial charge on any atom is -0.375 e. The summed E-state index contributed by atoms with van der Waals surface area (Å²) >= 11 is 0. The summed E-state index contributed by atoms with van der Waals surface area (Å²) in [5, 5.41) is 0. The topological polar surface area (TPSA) is 20.3 Å². The fourth-order valence-electron chi connectivity index (χ4n) is 5.49. The molecule has 0 unspecified atom stereocenters. The van der Waals surface area contributed by atoms with E-state index in [2.05, 4.69) is 17.9 Å². The van der Waals surface area contributed by atoms with Gasteiger partial charge in [0.05, 0.1) is 0 Å². The zero-order valence-electron chi connectivity index (χ0n) is 11.3. The van der Waals surface area contributed by atoms with Gasteiger partial charge in [0, 0.05) is 36.5 Å². The SMILES string of the molecule is C[C@@H]1C=C2N3CCC[C@@H]4C(=O)C[C@H](C1)[C@@]24CCC3. The van der Waals surface area contributed by atoms with Gasteiger partial charge >= 0.3 is 0 Å². The van der Waals surface area contributed by atoms with E-state index in [1.807, 2.05) is 0 Å². The van der Waals surface area contributed by atoms with Gasteiger partial charge in [-0.05, 0) is 43.9 Å². The Kier molecular flexibility index (Phi) is 2.22. The number of piperidine rings is 1. The molecule has 18 heavy (non-hydrogen) atoms. The first kappa shape index (κ1) is 11.1. The first-order valence-corrected chi connectivity index (χ1v) is 7.72. The van der Waals surface area contributed by atoms with E-state index in [0.717, 1.165) is 12.8 Å². The first-order chi connectivity index (χ1) is 8.72. The predicted octanol–water partition coefficient (Wildman–Crippen LogP) is 2.99. The molecule has 4 rings (SSSR count). The molecule has 0 amide bonds. The second-order valence-corrected chi connectivity index (χ2v) is 6.96. The number of carbonyl (C=O) groups is 1. The van der Waals surface area contributed by atoms with Crippen molar-refractivity contribution in [1.29, 1.82) is 0 Å². The van der Waals surface area contributed by atoms with Crippen LogP contribution in [-0.4, -0.2) is 23.8 Å². The number of Topliss-reactive ketones (excluding diaryl/α,β-unsaturated/α-hetero) is 1. The molecule has 0 aromatic carbocycles. The number of rotatable bonds is 0. The Morgan fingerprint density at radius 1 is 1.33 bits per heavy atom. The van der Waals surface area contributed by atoms with E-state index in [4.69, 9.17) is 0 Å². The van der Waals surface area contributed by atoms with Crippen LogP contribution in [-0.2, 0) is 4.79 Å². The molecule has 2 aliphatic carbocycles. The van der Waals surface area contributed by atoms with Crippen molar-refractivity contribution >= 4 is 5.78 Å². The lowest BCUT2D eigenvalue weighted by molar-refractivity contribution is -0.122. The number of nitrogens with zero attached hydrogens (tertiary/aromatic N) is 1. The lowest BCUT2D eigenvalue weighted by Crippen LogP contribution is -2.47. The van der Waals surface area contributed by atoms with Crippen LogP contribution in [0.4, 0.5) is 0 Å². The Morgan fingerprint density at radius 3 is 3.06 bits per heavy atom. The van der Waals surface area contributed by atoms with Crippen molar-refractivity contribution in [3.8, 4) is 0 Å². The summed E-state index contributed by atoms with van der Waals surface area (Å²) in [4.78, 5) is 15.1. The van der Waals surface area contributed by atoms with Crippen LogP contribution < -0.4 is 0 Å². The standard InChI is InChI=1S/C16H23NO/c1-11-8-12-10-14(18)13-4-2-6-17-7-3-5-16(12,13)15(17)9-11/h9,11-13H,2-8,10H2,1H3/t11-,12-,13+,16+/m0/s1. The molecule has 1 spiro atoms. The zero-order valence-corrected chi connectivity index (χ0v) is 11.3. The van der Waals surface area contributed by atoms with Crippen molar-refractivity contribution in [2.75, 3.05) is 13.1 Å². The van der Waals surface area contributed by atoms with E-state index >= 15 is 0 Å². The normalized spacial score (nSPS) is 46.5. The van der Waals surface area contributed by atoms with Crippen LogP contribution in [0.5, 0.6) is 0 Å². The second kappa shape index (κ2) is 3.61. The van der Waals surface area contributed by atoms with Crippen molar-refractivity contribution < 1.29 is 4.79 Å². The molecule has 2 heteroatoms. The van der Waals surface area contributed by atoms with E-state index in [1.54, 1.807) is 5.70 Å². The first-order valence-electron chi connectivity index (χ1n) is 7.72. The zero-order chi connectivity index (χ0) is 12.3. The average molecular weight is 245 g/mol. The quantitative estimate of drug-likeness (QED) is 0.654. The van der Waals surface area contributed by atoms with E-state index in [1.165, 1.54) is 38.8 Å². The second-order valence-electron chi connectivity index (χ2n) is 6.96. The Balaban J connectivity index is 1.90. The van der Waals surface area contributed by atoms with Crippen LogP contribution in [0.3, 0.4) is 0 Å². The monoisotopic (exact) mass is 245 g/mol. The third-order valence-corrected chi connectivity index (χ3v) is 6.04. The van der Waals surface area contributed by atoms with Crippen molar-refractivity contribution in [3.63, 3.8) is 0 Å². The third kappa shape index (κ3) is 1.22. The molecular weight excluding hydrogens is 222 g/mol. The Hall–Kier alpha value is -0.790. The lowest BCUT2D eigenvalue weighted by Gasteiger charge is -2.51. The predicted molar refractivity (Wildman–Crippen MR) is 70.9 cm³/mol. The summed E-state index contributed by atoms with van der Waals surface area (Å²) in [6.45, 7) is 4.75. The Morgan fingerprint density at radius 2 is 2.17 bits per heavy atom. The van der Waals surface area contributed by atoms with Crippen molar-refractivity contribution in [2.24, 2.45) is 23.2 Å². The van der Waals surface area contributed by atoms with Crippen LogP contribution >= 0.6 is 0 Å². The van der Waals surface area contributed by atoms with Crippen molar-refractivity contribution in [3.05, 3.63) is 11.8 Å². The molecule has 2 heterocycles. The Labute approximate surface area is 109 Å². The molecule has 4 aliphatic rings. The number of hydrogen-bond donors (Lipinski definition) is 0. The minimum absolute atomic E-state index is 0.276. The maximum absolute atomic E-state index is 12.5. The maximum Gasteiger partial charge on any atom is 0.137 e. The van der Waals surface area contributed by atoms with Gasteiger partial charge in [0.25, 0.3) is 0 Å². The van der Waals surface area contributed by atoms with Gasteiger partial charge in [0.1, 0.15) is 5.78 Å². The highest BCUT2D eigenvalue weighted by molar-refractivity contribution is 5.86. The molecule has 3 fully saturated rings. The summed E-state index contributed by atoms with van der Waals surface area (Å²) in [7, 11) is 0. The fraction of sp³-hybridized carbons (Fsp3) is 0.812. The highest BCUT2D eigenvalue weighted by Gasteiger charge is 2.60. The van der Waals surface area contributed by atoms with E-state index in [9.17, 15) is 4.79 Å². The van der Waals surface area contributed by atoms with Gasteiger partial charge in [-0.1, -0.05) is 13.0 Å². The lowest BCUT2D eigenvalue weighted by atomic mass is 9.59. The molecular formula is C16H23NO. The van der Waals surface area contributed by atoms with Gasteiger partial charge in [-0.2, -0.15) is 0 Å². The van der Waals surface area contributed by atoms with Crippen molar-refractivity contribution in [2.45, 2.75) is 45.4 Å². The van der Waals surface area contributed by atoms with Gasteiger partial charge in [-0.15, -0.1) is 0 Å². The van der Waals surface area contributed by atoms with Gasteiger partial charge in [-0.3, -0.25) is 4.79 Å². The molecule has 4 atom stereocenters. The summed E-state index contributed by atoms with van der Waals surface area (Å²) < 4.78 is 0. The number of ketones is 1. The summed E-state index contributed by atoms with van der Waals surface area (Å²) in [6.07, 6.45) is 9.59. The van der Waals surface area contributed by atoms with E-state index in [-0.39, 0.29) is 5.41 Å². The van der Waals surface area contributed by atoms with Crippen LogP contribution in [0.15, 0.2) is 11.8 Å². The van der Waals surface area contributed by atoms with Crippen LogP contribution in [0, 0.1) is 23.2 Å². The molecule has 2 aliphatic heterocycles. The van der Waals surface area contributed by atoms with Gasteiger partial charge in [0.15, 0.2) is 0 Å². The molecule has 1 saturated carbocycles. The number of allylic oxidation sites excluding steroid dienone is 2. The highest BCUT2D eigenvalue weighted by atomic mass is 16.1. The molecule has 0 aromatic rings. The highest BCUT2D eigenvalue weighted by Crippen LogP contribution is 2.62. The van der Waals surface area contributed by atoms with Crippen molar-refractivity contribution in [1.82, 2.24) is 4.90 Å². The van der Waals surface area contributed by atoms with E-state index < -0.39 is 0 Å². The van der Waals surface area contributed by atoms with Gasteiger partial charge < -0.3 is 4.90 Å². The molecule has 0 N–H and O–H groups in total. The fourth-order valence-corrected chi connectivity index (χ4v) is 5.49. The summed E-state index contributed by atoms with van der Waals surface area (Å²) in [6, 6.07) is 0. The average Bonchev–Trinajstić information content (AvgIpc) is 2.55. The summed E-state index contributed by atoms with van der Waals surface area (Å²) in [5.41, 5.74) is 1.86. The van der Waals surface area contributed by atoms with Crippen LogP contribution in [0.1, 0.15) is 45.4 Å². The van der Waals surface area contributed by atoms with Gasteiger partial charge in [0.2, 0.25) is 0 Å². The molecule has 0 radical (unpaired) electrons. The third-order valence-electron chi connectivity index (χ3n) is 6.04. The molecule has 2 nitrogen and oxygen atoms in total. The largest absolute Gasteiger partial charge is 0.375 e. The van der Waals surface area contributed by atoms with E-state index in [0.29, 0.717) is 23.5 Å². The number of carbonyl (C=O) groups excluding carboxylic acids is 1. The molecule has 0 aromatic heterocycles. The smallest absolute Gasteiger partial charge is 0.137 e. The Bertz CT molecular complexity index is 427. The summed E-state index contributed by atoms with van der Waals surface area (Å²) in [5.74, 6) is 2.28. The maximum atomic E-state index is 12.5. The molecule has 2 saturated heterocycles. The number of hydrogen-bond acceptors (Lipinski definition) is 2.